The topological polar surface area (TPSA) is 77.1 Å². The van der Waals surface area contributed by atoms with Gasteiger partial charge in [-0.15, -0.1) is 0 Å². The highest BCUT2D eigenvalue weighted by Crippen LogP contribution is 2.24. The van der Waals surface area contributed by atoms with Gasteiger partial charge in [0.15, 0.2) is 5.16 Å². The van der Waals surface area contributed by atoms with E-state index in [9.17, 15) is 9.59 Å². The summed E-state index contributed by atoms with van der Waals surface area (Å²) in [5.41, 5.74) is 1.35. The van der Waals surface area contributed by atoms with Crippen molar-refractivity contribution in [2.24, 2.45) is 0 Å². The van der Waals surface area contributed by atoms with Gasteiger partial charge in [0.05, 0.1) is 22.7 Å². The summed E-state index contributed by atoms with van der Waals surface area (Å²) >= 11 is 1.26. The monoisotopic (exact) mass is 407 g/mol. The molecule has 2 heterocycles. The van der Waals surface area contributed by atoms with Gasteiger partial charge in [-0.05, 0) is 38.1 Å². The van der Waals surface area contributed by atoms with E-state index in [-0.39, 0.29) is 23.3 Å². The summed E-state index contributed by atoms with van der Waals surface area (Å²) in [7, 11) is 0. The largest absolute Gasteiger partial charge is 0.459 e. The smallest absolute Gasteiger partial charge is 0.262 e. The number of thioether (sulfide) groups is 1. The zero-order chi connectivity index (χ0) is 20.4. The summed E-state index contributed by atoms with van der Waals surface area (Å²) in [5, 5.41) is 5.08. The molecule has 7 heteroatoms. The molecule has 0 unspecified atom stereocenters. The van der Waals surface area contributed by atoms with Gasteiger partial charge in [-0.25, -0.2) is 4.98 Å². The van der Waals surface area contributed by atoms with E-state index >= 15 is 0 Å². The predicted octanol–water partition coefficient (Wildman–Crippen LogP) is 4.13. The number of fused-ring (bicyclic) bond motifs is 2. The van der Waals surface area contributed by atoms with Crippen LogP contribution >= 0.6 is 11.8 Å². The number of nitrogens with one attached hydrogen (secondary N) is 1. The number of nitrogens with zero attached hydrogens (tertiary/aromatic N) is 2. The van der Waals surface area contributed by atoms with Crippen LogP contribution < -0.4 is 10.9 Å². The average molecular weight is 407 g/mol. The molecular weight excluding hydrogens is 386 g/mol. The van der Waals surface area contributed by atoms with E-state index in [1.165, 1.54) is 11.8 Å². The summed E-state index contributed by atoms with van der Waals surface area (Å²) in [4.78, 5) is 29.7. The first-order chi connectivity index (χ1) is 14.1. The Hall–Kier alpha value is -3.06. The maximum atomic E-state index is 12.7. The number of furan rings is 1. The molecular formula is C22H21N3O3S. The van der Waals surface area contributed by atoms with Crippen molar-refractivity contribution >= 4 is 39.5 Å². The van der Waals surface area contributed by atoms with Crippen molar-refractivity contribution in [1.82, 2.24) is 14.9 Å². The Labute approximate surface area is 171 Å². The molecule has 148 valence electrons. The lowest BCUT2D eigenvalue weighted by Gasteiger charge is -2.13. The summed E-state index contributed by atoms with van der Waals surface area (Å²) < 4.78 is 7.41. The zero-order valence-electron chi connectivity index (χ0n) is 16.2. The number of rotatable bonds is 6. The van der Waals surface area contributed by atoms with Crippen LogP contribution in [0.15, 0.2) is 69.0 Å². The molecule has 0 bridgehead atoms. The fourth-order valence-electron chi connectivity index (χ4n) is 3.24. The van der Waals surface area contributed by atoms with Crippen LogP contribution in [-0.2, 0) is 11.3 Å². The number of hydrogen-bond acceptors (Lipinski definition) is 5. The number of amides is 1. The maximum Gasteiger partial charge on any atom is 0.262 e. The van der Waals surface area contributed by atoms with Gasteiger partial charge in [0, 0.05) is 11.9 Å². The third kappa shape index (κ3) is 3.91. The van der Waals surface area contributed by atoms with Gasteiger partial charge in [0.25, 0.3) is 5.56 Å². The Morgan fingerprint density at radius 2 is 1.97 bits per heavy atom. The molecule has 0 aliphatic carbocycles. The van der Waals surface area contributed by atoms with Crippen LogP contribution in [0.2, 0.25) is 0 Å². The molecule has 4 rings (SSSR count). The van der Waals surface area contributed by atoms with E-state index in [2.05, 4.69) is 10.3 Å². The minimum atomic E-state index is -0.256. The highest BCUT2D eigenvalue weighted by molar-refractivity contribution is 7.99. The summed E-state index contributed by atoms with van der Waals surface area (Å²) in [6.07, 6.45) is 0. The summed E-state index contributed by atoms with van der Waals surface area (Å²) in [6, 6.07) is 16.7. The fourth-order valence-corrected chi connectivity index (χ4v) is 4.11. The van der Waals surface area contributed by atoms with Gasteiger partial charge in [0.1, 0.15) is 11.3 Å². The van der Waals surface area contributed by atoms with E-state index in [1.54, 1.807) is 10.6 Å². The second-order valence-electron chi connectivity index (χ2n) is 6.73. The van der Waals surface area contributed by atoms with Crippen molar-refractivity contribution in [2.75, 3.05) is 5.75 Å². The molecule has 0 saturated heterocycles. The molecule has 0 radical (unpaired) electrons. The summed E-state index contributed by atoms with van der Waals surface area (Å²) in [6.45, 7) is 4.28. The fraction of sp³-hybridized carbons (Fsp3) is 0.227. The molecule has 0 saturated carbocycles. The molecule has 29 heavy (non-hydrogen) atoms. The lowest BCUT2D eigenvalue weighted by atomic mass is 10.2. The highest BCUT2D eigenvalue weighted by atomic mass is 32.2. The van der Waals surface area contributed by atoms with Gasteiger partial charge in [-0.2, -0.15) is 0 Å². The van der Waals surface area contributed by atoms with Crippen molar-refractivity contribution in [2.45, 2.75) is 31.6 Å². The first kappa shape index (κ1) is 19.3. The number of para-hydroxylation sites is 2. The maximum absolute atomic E-state index is 12.7. The van der Waals surface area contributed by atoms with Gasteiger partial charge in [-0.3, -0.25) is 14.2 Å². The number of carbonyl (C=O) groups excluding carboxylic acids is 1. The lowest BCUT2D eigenvalue weighted by Crippen LogP contribution is -2.29. The minimum absolute atomic E-state index is 0.0864. The molecule has 4 aromatic rings. The van der Waals surface area contributed by atoms with Crippen LogP contribution in [0.3, 0.4) is 0 Å². The Balaban J connectivity index is 1.47. The molecule has 2 aromatic heterocycles. The van der Waals surface area contributed by atoms with E-state index in [0.717, 1.165) is 11.0 Å². The third-order valence-electron chi connectivity index (χ3n) is 4.72. The van der Waals surface area contributed by atoms with Crippen molar-refractivity contribution in [1.29, 1.82) is 0 Å². The van der Waals surface area contributed by atoms with Crippen LogP contribution in [0, 0.1) is 0 Å². The number of carbonyl (C=O) groups is 1. The van der Waals surface area contributed by atoms with Crippen molar-refractivity contribution in [3.63, 3.8) is 0 Å². The number of aromatic nitrogens is 2. The van der Waals surface area contributed by atoms with Crippen LogP contribution in [0.25, 0.3) is 21.9 Å². The molecule has 6 nitrogen and oxygen atoms in total. The average Bonchev–Trinajstić information content (AvgIpc) is 3.17. The second kappa shape index (κ2) is 8.13. The Morgan fingerprint density at radius 3 is 2.76 bits per heavy atom. The lowest BCUT2D eigenvalue weighted by molar-refractivity contribution is -0.119. The minimum Gasteiger partial charge on any atom is -0.459 e. The van der Waals surface area contributed by atoms with E-state index < -0.39 is 0 Å². The molecule has 1 N–H and O–H groups in total. The second-order valence-corrected chi connectivity index (χ2v) is 7.67. The molecule has 1 amide bonds. The van der Waals surface area contributed by atoms with Crippen LogP contribution in [0.4, 0.5) is 0 Å². The normalized spacial score (nSPS) is 12.3. The third-order valence-corrected chi connectivity index (χ3v) is 5.70. The van der Waals surface area contributed by atoms with Crippen LogP contribution in [0.1, 0.15) is 25.6 Å². The van der Waals surface area contributed by atoms with Crippen LogP contribution in [0.5, 0.6) is 0 Å². The van der Waals surface area contributed by atoms with E-state index in [0.29, 0.717) is 28.4 Å². The molecule has 0 spiro atoms. The van der Waals surface area contributed by atoms with Gasteiger partial charge >= 0.3 is 0 Å². The van der Waals surface area contributed by atoms with E-state index in [1.807, 2.05) is 62.4 Å². The van der Waals surface area contributed by atoms with Gasteiger partial charge in [0.2, 0.25) is 5.91 Å². The standard InChI is InChI=1S/C22H21N3O3S/c1-3-25-21(27)16-9-5-6-10-17(16)24-22(25)29-13-20(26)23-14(2)19-12-15-8-4-7-11-18(15)28-19/h4-12,14H,3,13H2,1-2H3,(H,23,26)/t14-/m1/s1. The van der Waals surface area contributed by atoms with Gasteiger partial charge in [-0.1, -0.05) is 42.1 Å². The van der Waals surface area contributed by atoms with Gasteiger partial charge < -0.3 is 9.73 Å². The number of hydrogen-bond donors (Lipinski definition) is 1. The Morgan fingerprint density at radius 1 is 1.21 bits per heavy atom. The molecule has 0 aliphatic heterocycles. The van der Waals surface area contributed by atoms with Crippen molar-refractivity contribution in [3.05, 3.63) is 70.7 Å². The quantitative estimate of drug-likeness (QED) is 0.384. The van der Waals surface area contributed by atoms with Crippen LogP contribution in [-0.4, -0.2) is 21.2 Å². The molecule has 0 fully saturated rings. The first-order valence-corrected chi connectivity index (χ1v) is 10.5. The van der Waals surface area contributed by atoms with Crippen molar-refractivity contribution < 1.29 is 9.21 Å². The first-order valence-electron chi connectivity index (χ1n) is 9.47. The highest BCUT2D eigenvalue weighted by Gasteiger charge is 2.16. The van der Waals surface area contributed by atoms with Crippen molar-refractivity contribution in [3.8, 4) is 0 Å². The Kier molecular flexibility index (Phi) is 5.40. The van der Waals surface area contributed by atoms with E-state index in [4.69, 9.17) is 4.42 Å². The SMILES string of the molecule is CCn1c(SCC(=O)N[C@H](C)c2cc3ccccc3o2)nc2ccccc2c1=O. The molecule has 2 aromatic carbocycles. The summed E-state index contributed by atoms with van der Waals surface area (Å²) in [5.74, 6) is 0.724. The zero-order valence-corrected chi connectivity index (χ0v) is 17.0. The Bertz CT molecular complexity index is 1210. The number of benzene rings is 2. The molecule has 0 aliphatic rings. The predicted molar refractivity (Wildman–Crippen MR) is 115 cm³/mol. The molecule has 1 atom stereocenters.